The number of carbonyl (C=O) groups is 1. The van der Waals surface area contributed by atoms with Crippen LogP contribution >= 0.6 is 0 Å². The molecule has 6 heteroatoms. The van der Waals surface area contributed by atoms with Crippen LogP contribution in [-0.4, -0.2) is 19.9 Å². The summed E-state index contributed by atoms with van der Waals surface area (Å²) in [4.78, 5) is 25.0. The molecule has 0 radical (unpaired) electrons. The quantitative estimate of drug-likeness (QED) is 0.626. The molecule has 3 rings (SSSR count). The summed E-state index contributed by atoms with van der Waals surface area (Å²) < 4.78 is 21.2. The first-order valence-corrected chi connectivity index (χ1v) is 8.51. The van der Waals surface area contributed by atoms with Crippen LogP contribution in [0.4, 0.5) is 4.79 Å². The van der Waals surface area contributed by atoms with Crippen LogP contribution in [0, 0.1) is 13.8 Å². The van der Waals surface area contributed by atoms with Gasteiger partial charge in [-0.05, 0) is 62.2 Å². The van der Waals surface area contributed by atoms with Crippen LogP contribution in [0.1, 0.15) is 18.1 Å². The molecule has 1 heterocycles. The fourth-order valence-corrected chi connectivity index (χ4v) is 2.93. The lowest BCUT2D eigenvalue weighted by Gasteiger charge is -2.12. The average Bonchev–Trinajstić information content (AvgIpc) is 2.63. The van der Waals surface area contributed by atoms with E-state index in [4.69, 9.17) is 18.6 Å². The molecular weight excluding hydrogens is 348 g/mol. The van der Waals surface area contributed by atoms with E-state index in [9.17, 15) is 9.59 Å². The topological polar surface area (TPSA) is 75.0 Å². The van der Waals surface area contributed by atoms with Crippen LogP contribution in [0.3, 0.4) is 0 Å². The molecule has 1 aromatic heterocycles. The van der Waals surface area contributed by atoms with Gasteiger partial charge < -0.3 is 18.6 Å². The van der Waals surface area contributed by atoms with Gasteiger partial charge in [0.15, 0.2) is 5.76 Å². The van der Waals surface area contributed by atoms with E-state index < -0.39 is 11.6 Å². The van der Waals surface area contributed by atoms with E-state index in [1.54, 1.807) is 44.4 Å². The monoisotopic (exact) mass is 368 g/mol. The molecule has 6 nitrogen and oxygen atoms in total. The van der Waals surface area contributed by atoms with Gasteiger partial charge in [-0.25, -0.2) is 4.79 Å². The molecule has 0 unspecified atom stereocenters. The van der Waals surface area contributed by atoms with Crippen molar-refractivity contribution in [3.05, 3.63) is 57.7 Å². The molecule has 0 aliphatic carbocycles. The minimum atomic E-state index is -0.955. The Morgan fingerprint density at radius 3 is 2.44 bits per heavy atom. The highest BCUT2D eigenvalue weighted by Gasteiger charge is 2.22. The average molecular weight is 368 g/mol. The van der Waals surface area contributed by atoms with Crippen LogP contribution in [0.15, 0.2) is 45.6 Å². The van der Waals surface area contributed by atoms with Crippen LogP contribution in [0.5, 0.6) is 11.5 Å². The second-order valence-corrected chi connectivity index (χ2v) is 6.06. The van der Waals surface area contributed by atoms with Crippen molar-refractivity contribution in [2.75, 3.05) is 13.7 Å². The van der Waals surface area contributed by atoms with Crippen molar-refractivity contribution >= 4 is 17.1 Å². The van der Waals surface area contributed by atoms with Gasteiger partial charge in [0.05, 0.1) is 19.1 Å². The minimum absolute atomic E-state index is 0.133. The van der Waals surface area contributed by atoms with Crippen molar-refractivity contribution in [1.82, 2.24) is 0 Å². The highest BCUT2D eigenvalue weighted by atomic mass is 16.7. The molecule has 0 atom stereocenters. The van der Waals surface area contributed by atoms with Gasteiger partial charge in [-0.1, -0.05) is 6.07 Å². The highest BCUT2D eigenvalue weighted by molar-refractivity contribution is 5.86. The van der Waals surface area contributed by atoms with Crippen molar-refractivity contribution in [1.29, 1.82) is 0 Å². The lowest BCUT2D eigenvalue weighted by molar-refractivity contribution is 0.103. The van der Waals surface area contributed by atoms with Crippen molar-refractivity contribution in [2.24, 2.45) is 0 Å². The van der Waals surface area contributed by atoms with E-state index in [0.717, 1.165) is 11.1 Å². The Balaban J connectivity index is 2.27. The second-order valence-electron chi connectivity index (χ2n) is 6.06. The molecule has 0 aliphatic rings. The Morgan fingerprint density at radius 2 is 1.81 bits per heavy atom. The molecule has 140 valence electrons. The smallest absolute Gasteiger partial charge is 0.497 e. The lowest BCUT2D eigenvalue weighted by Crippen LogP contribution is -2.17. The maximum atomic E-state index is 13.1. The Kier molecular flexibility index (Phi) is 5.16. The predicted molar refractivity (Wildman–Crippen MR) is 102 cm³/mol. The highest BCUT2D eigenvalue weighted by Crippen LogP contribution is 2.33. The molecule has 0 saturated carbocycles. The zero-order valence-corrected chi connectivity index (χ0v) is 15.6. The standard InChI is InChI=1S/C21H20O6/c1-5-25-21(23)27-20-18(22)17-13(3)10-12(2)11-16(17)26-19(20)14-6-8-15(24-4)9-7-14/h6-11H,5H2,1-4H3. The van der Waals surface area contributed by atoms with E-state index in [1.165, 1.54) is 0 Å². The molecule has 0 spiro atoms. The lowest BCUT2D eigenvalue weighted by atomic mass is 10.0. The summed E-state index contributed by atoms with van der Waals surface area (Å²) in [7, 11) is 1.56. The van der Waals surface area contributed by atoms with E-state index >= 15 is 0 Å². The van der Waals surface area contributed by atoms with Crippen LogP contribution in [0.25, 0.3) is 22.3 Å². The van der Waals surface area contributed by atoms with E-state index in [-0.39, 0.29) is 18.1 Å². The van der Waals surface area contributed by atoms with Gasteiger partial charge in [-0.2, -0.15) is 0 Å². The summed E-state index contributed by atoms with van der Waals surface area (Å²) >= 11 is 0. The summed E-state index contributed by atoms with van der Waals surface area (Å²) in [5, 5.41) is 0.372. The normalized spacial score (nSPS) is 10.7. The number of hydrogen-bond donors (Lipinski definition) is 0. The van der Waals surface area contributed by atoms with Gasteiger partial charge in [0.1, 0.15) is 11.3 Å². The first kappa shape index (κ1) is 18.5. The predicted octanol–water partition coefficient (Wildman–Crippen LogP) is 4.62. The fraction of sp³-hybridized carbons (Fsp3) is 0.238. The van der Waals surface area contributed by atoms with Gasteiger partial charge in [-0.15, -0.1) is 0 Å². The Labute approximate surface area is 156 Å². The zero-order valence-electron chi connectivity index (χ0n) is 15.6. The van der Waals surface area contributed by atoms with E-state index in [0.29, 0.717) is 22.3 Å². The minimum Gasteiger partial charge on any atom is -0.497 e. The van der Waals surface area contributed by atoms with Gasteiger partial charge in [0.2, 0.25) is 11.2 Å². The zero-order chi connectivity index (χ0) is 19.6. The van der Waals surface area contributed by atoms with Gasteiger partial charge in [0, 0.05) is 5.56 Å². The second kappa shape index (κ2) is 7.53. The van der Waals surface area contributed by atoms with Crippen LogP contribution < -0.4 is 14.9 Å². The number of benzene rings is 2. The first-order valence-electron chi connectivity index (χ1n) is 8.51. The largest absolute Gasteiger partial charge is 0.514 e. The number of rotatable bonds is 4. The van der Waals surface area contributed by atoms with Crippen molar-refractivity contribution in [2.45, 2.75) is 20.8 Å². The Hall–Kier alpha value is -3.28. The summed E-state index contributed by atoms with van der Waals surface area (Å²) in [5.41, 5.74) is 2.29. The molecule has 0 bridgehead atoms. The Morgan fingerprint density at radius 1 is 1.11 bits per heavy atom. The van der Waals surface area contributed by atoms with Crippen LogP contribution in [0.2, 0.25) is 0 Å². The van der Waals surface area contributed by atoms with Crippen molar-refractivity contribution in [3.8, 4) is 22.8 Å². The number of methoxy groups -OCH3 is 1. The fourth-order valence-electron chi connectivity index (χ4n) is 2.93. The van der Waals surface area contributed by atoms with Gasteiger partial charge in [0.25, 0.3) is 0 Å². The molecule has 2 aromatic carbocycles. The van der Waals surface area contributed by atoms with Gasteiger partial charge in [-0.3, -0.25) is 4.79 Å². The third kappa shape index (κ3) is 3.65. The maximum Gasteiger partial charge on any atom is 0.514 e. The molecule has 0 N–H and O–H groups in total. The number of aryl methyl sites for hydroxylation is 2. The number of carbonyl (C=O) groups excluding carboxylic acids is 1. The molecule has 0 amide bonds. The number of ether oxygens (including phenoxy) is 3. The molecular formula is C21H20O6. The summed E-state index contributed by atoms with van der Waals surface area (Å²) in [6.07, 6.45) is -0.955. The molecule has 0 fully saturated rings. The SMILES string of the molecule is CCOC(=O)Oc1c(-c2ccc(OC)cc2)oc2cc(C)cc(C)c2c1=O. The molecule has 27 heavy (non-hydrogen) atoms. The maximum absolute atomic E-state index is 13.1. The third-order valence-electron chi connectivity index (χ3n) is 4.10. The summed E-state index contributed by atoms with van der Waals surface area (Å²) in [5.74, 6) is 0.618. The molecule has 3 aromatic rings. The molecule has 0 aliphatic heterocycles. The number of hydrogen-bond acceptors (Lipinski definition) is 6. The third-order valence-corrected chi connectivity index (χ3v) is 4.10. The number of fused-ring (bicyclic) bond motifs is 1. The van der Waals surface area contributed by atoms with Gasteiger partial charge >= 0.3 is 6.16 Å². The van der Waals surface area contributed by atoms with E-state index in [2.05, 4.69) is 0 Å². The summed E-state index contributed by atoms with van der Waals surface area (Å²) in [6.45, 7) is 5.52. The van der Waals surface area contributed by atoms with Crippen molar-refractivity contribution in [3.63, 3.8) is 0 Å². The van der Waals surface area contributed by atoms with E-state index in [1.807, 2.05) is 19.9 Å². The Bertz CT molecular complexity index is 1050. The molecule has 0 saturated heterocycles. The van der Waals surface area contributed by atoms with Crippen molar-refractivity contribution < 1.29 is 23.4 Å². The first-order chi connectivity index (χ1) is 12.9. The van der Waals surface area contributed by atoms with Crippen LogP contribution in [-0.2, 0) is 4.74 Å². The summed E-state index contributed by atoms with van der Waals surface area (Å²) in [6, 6.07) is 10.6.